The Kier molecular flexibility index (Phi) is 8.60. The van der Waals surface area contributed by atoms with Crippen molar-refractivity contribution in [2.24, 2.45) is 3.77 Å². The predicted molar refractivity (Wildman–Crippen MR) is 132 cm³/mol. The number of carbonyl (C=O) groups is 1. The first kappa shape index (κ1) is 25.6. The SMILES string of the molecule is COC(=O)[C@H](Cc1ccccc1)NCCS(=O)(=NS(=O)(=O)c1ccc(C)cc1)c1ccccc1. The highest BCUT2D eigenvalue weighted by Gasteiger charge is 2.23. The molecule has 0 heterocycles. The van der Waals surface area contributed by atoms with E-state index in [9.17, 15) is 17.4 Å². The normalized spacial score (nSPS) is 14.1. The second-order valence-corrected chi connectivity index (χ2v) is 11.9. The molecular weight excluding hydrogens is 472 g/mol. The number of ether oxygens (including phenoxy) is 1. The van der Waals surface area contributed by atoms with Gasteiger partial charge in [0.05, 0.1) is 21.7 Å². The summed E-state index contributed by atoms with van der Waals surface area (Å²) in [6, 6.07) is 23.3. The second-order valence-electron chi connectivity index (χ2n) is 7.74. The Hall–Kier alpha value is -3.01. The van der Waals surface area contributed by atoms with Crippen molar-refractivity contribution in [1.82, 2.24) is 5.32 Å². The van der Waals surface area contributed by atoms with E-state index in [0.717, 1.165) is 11.1 Å². The van der Waals surface area contributed by atoms with Crippen LogP contribution in [0, 0.1) is 6.92 Å². The Balaban J connectivity index is 1.88. The smallest absolute Gasteiger partial charge is 0.323 e. The van der Waals surface area contributed by atoms with Gasteiger partial charge in [-0.05, 0) is 43.2 Å². The summed E-state index contributed by atoms with van der Waals surface area (Å²) in [5.74, 6) is -0.566. The van der Waals surface area contributed by atoms with Gasteiger partial charge in [0.2, 0.25) is 0 Å². The van der Waals surface area contributed by atoms with Crippen LogP contribution in [0.5, 0.6) is 0 Å². The highest BCUT2D eigenvalue weighted by molar-refractivity contribution is 8.03. The zero-order valence-corrected chi connectivity index (χ0v) is 20.7. The van der Waals surface area contributed by atoms with Crippen LogP contribution < -0.4 is 5.32 Å². The first-order valence-electron chi connectivity index (χ1n) is 10.7. The molecule has 9 heteroatoms. The van der Waals surface area contributed by atoms with E-state index in [4.69, 9.17) is 4.74 Å². The molecule has 0 aromatic heterocycles. The van der Waals surface area contributed by atoms with Crippen LogP contribution in [0.15, 0.2) is 98.5 Å². The van der Waals surface area contributed by atoms with E-state index in [-0.39, 0.29) is 17.2 Å². The molecule has 0 aliphatic carbocycles. The fourth-order valence-electron chi connectivity index (χ4n) is 3.35. The number of hydrogen-bond acceptors (Lipinski definition) is 6. The van der Waals surface area contributed by atoms with Crippen LogP contribution in [-0.4, -0.2) is 44.0 Å². The van der Waals surface area contributed by atoms with Crippen LogP contribution >= 0.6 is 0 Å². The zero-order chi connectivity index (χ0) is 24.6. The highest BCUT2D eigenvalue weighted by atomic mass is 32.3. The molecule has 1 N–H and O–H groups in total. The lowest BCUT2D eigenvalue weighted by Gasteiger charge is -2.18. The summed E-state index contributed by atoms with van der Waals surface area (Å²) in [6.45, 7) is 1.94. The number of aryl methyl sites for hydroxylation is 1. The number of sulfonamides is 1. The van der Waals surface area contributed by atoms with Crippen LogP contribution in [0.25, 0.3) is 0 Å². The quantitative estimate of drug-likeness (QED) is 0.427. The summed E-state index contributed by atoms with van der Waals surface area (Å²) in [4.78, 5) is 12.6. The van der Waals surface area contributed by atoms with Crippen LogP contribution in [0.3, 0.4) is 0 Å². The van der Waals surface area contributed by atoms with Crippen LogP contribution in [0.4, 0.5) is 0 Å². The van der Waals surface area contributed by atoms with Crippen molar-refractivity contribution in [2.45, 2.75) is 29.2 Å². The van der Waals surface area contributed by atoms with E-state index in [2.05, 4.69) is 9.08 Å². The van der Waals surface area contributed by atoms with Gasteiger partial charge in [-0.25, -0.2) is 4.21 Å². The molecule has 3 aromatic carbocycles. The van der Waals surface area contributed by atoms with E-state index in [1.807, 2.05) is 37.3 Å². The molecular formula is C25H28N2O5S2. The van der Waals surface area contributed by atoms with Crippen molar-refractivity contribution >= 4 is 25.7 Å². The Morgan fingerprint density at radius 1 is 0.882 bits per heavy atom. The van der Waals surface area contributed by atoms with Crippen LogP contribution in [0.1, 0.15) is 11.1 Å². The predicted octanol–water partition coefficient (Wildman–Crippen LogP) is 3.58. The molecule has 0 spiro atoms. The second kappa shape index (κ2) is 11.4. The van der Waals surface area contributed by atoms with Gasteiger partial charge in [0.1, 0.15) is 6.04 Å². The van der Waals surface area contributed by atoms with Gasteiger partial charge in [-0.15, -0.1) is 3.77 Å². The van der Waals surface area contributed by atoms with E-state index in [0.29, 0.717) is 11.3 Å². The summed E-state index contributed by atoms with van der Waals surface area (Å²) in [5, 5.41) is 3.07. The maximum Gasteiger partial charge on any atom is 0.323 e. The van der Waals surface area contributed by atoms with Crippen molar-refractivity contribution in [1.29, 1.82) is 0 Å². The third-order valence-electron chi connectivity index (χ3n) is 5.19. The Morgan fingerprint density at radius 3 is 2.06 bits per heavy atom. The van der Waals surface area contributed by atoms with Crippen molar-refractivity contribution < 1.29 is 22.2 Å². The fourth-order valence-corrected chi connectivity index (χ4v) is 7.29. The Morgan fingerprint density at radius 2 is 1.47 bits per heavy atom. The summed E-state index contributed by atoms with van der Waals surface area (Å²) in [5.41, 5.74) is 1.83. The minimum atomic E-state index is -4.17. The average molecular weight is 501 g/mol. The largest absolute Gasteiger partial charge is 0.468 e. The van der Waals surface area contributed by atoms with Crippen LogP contribution in [-0.2, 0) is 35.7 Å². The molecule has 0 fully saturated rings. The maximum atomic E-state index is 13.9. The zero-order valence-electron chi connectivity index (χ0n) is 19.1. The first-order valence-corrected chi connectivity index (χ1v) is 13.8. The minimum absolute atomic E-state index is 0.0220. The number of benzene rings is 3. The third kappa shape index (κ3) is 6.75. The monoisotopic (exact) mass is 500 g/mol. The standard InChI is InChI=1S/C25H28N2O5S2/c1-20-13-15-23(16-14-20)34(30,31)27-33(29,22-11-7-4-8-12-22)18-17-26-24(25(28)32-2)19-21-9-5-3-6-10-21/h3-16,24,26H,17-19H2,1-2H3/t24-,33?/m0/s1. The molecule has 0 bridgehead atoms. The summed E-state index contributed by atoms with van der Waals surface area (Å²) >= 11 is 0. The first-order chi connectivity index (χ1) is 16.2. The molecule has 3 aromatic rings. The molecule has 34 heavy (non-hydrogen) atoms. The highest BCUT2D eigenvalue weighted by Crippen LogP contribution is 2.21. The third-order valence-corrected chi connectivity index (χ3v) is 9.57. The average Bonchev–Trinajstić information content (AvgIpc) is 2.84. The molecule has 0 saturated heterocycles. The van der Waals surface area contributed by atoms with E-state index >= 15 is 0 Å². The number of rotatable bonds is 10. The number of methoxy groups -OCH3 is 1. The molecule has 0 aliphatic rings. The molecule has 3 rings (SSSR count). The minimum Gasteiger partial charge on any atom is -0.468 e. The molecule has 180 valence electrons. The van der Waals surface area contributed by atoms with Gasteiger partial charge in [0.15, 0.2) is 0 Å². The van der Waals surface area contributed by atoms with Gasteiger partial charge < -0.3 is 10.1 Å². The lowest BCUT2D eigenvalue weighted by Crippen LogP contribution is -2.41. The van der Waals surface area contributed by atoms with Gasteiger partial charge in [-0.1, -0.05) is 66.2 Å². The summed E-state index contributed by atoms with van der Waals surface area (Å²) in [6.07, 6.45) is 0.374. The molecule has 1 unspecified atom stereocenters. The van der Waals surface area contributed by atoms with Gasteiger partial charge in [-0.2, -0.15) is 8.42 Å². The van der Waals surface area contributed by atoms with Crippen molar-refractivity contribution in [3.63, 3.8) is 0 Å². The molecule has 0 aliphatic heterocycles. The molecule has 0 radical (unpaired) electrons. The number of nitrogens with zero attached hydrogens (tertiary/aromatic N) is 1. The van der Waals surface area contributed by atoms with E-state index < -0.39 is 31.8 Å². The lowest BCUT2D eigenvalue weighted by molar-refractivity contribution is -0.143. The molecule has 0 amide bonds. The Labute approximate surface area is 201 Å². The summed E-state index contributed by atoms with van der Waals surface area (Å²) in [7, 11) is -6.23. The van der Waals surface area contributed by atoms with Gasteiger partial charge in [-0.3, -0.25) is 4.79 Å². The van der Waals surface area contributed by atoms with Crippen molar-refractivity contribution in [3.05, 3.63) is 96.1 Å². The topological polar surface area (TPSA) is 102 Å². The maximum absolute atomic E-state index is 13.9. The van der Waals surface area contributed by atoms with Crippen molar-refractivity contribution in [2.75, 3.05) is 19.4 Å². The van der Waals surface area contributed by atoms with E-state index in [1.54, 1.807) is 42.5 Å². The van der Waals surface area contributed by atoms with E-state index in [1.165, 1.54) is 19.2 Å². The van der Waals surface area contributed by atoms with Gasteiger partial charge >= 0.3 is 5.97 Å². The lowest BCUT2D eigenvalue weighted by atomic mass is 10.1. The fraction of sp³-hybridized carbons (Fsp3) is 0.240. The van der Waals surface area contributed by atoms with Gasteiger partial charge in [0, 0.05) is 17.2 Å². The molecule has 0 saturated carbocycles. The number of esters is 1. The molecule has 7 nitrogen and oxygen atoms in total. The summed E-state index contributed by atoms with van der Waals surface area (Å²) < 4.78 is 48.7. The number of nitrogens with one attached hydrogen (secondary N) is 1. The number of hydrogen-bond donors (Lipinski definition) is 1. The van der Waals surface area contributed by atoms with Gasteiger partial charge in [0.25, 0.3) is 10.0 Å². The van der Waals surface area contributed by atoms with Crippen LogP contribution in [0.2, 0.25) is 0 Å². The number of carbonyl (C=O) groups excluding carboxylic acids is 1. The Bertz CT molecular complexity index is 1320. The molecule has 2 atom stereocenters. The van der Waals surface area contributed by atoms with Crippen molar-refractivity contribution in [3.8, 4) is 0 Å².